The second kappa shape index (κ2) is 7.13. The summed E-state index contributed by atoms with van der Waals surface area (Å²) < 4.78 is 14.4. The number of ketones is 1. The van der Waals surface area contributed by atoms with E-state index in [4.69, 9.17) is 9.79 Å². The van der Waals surface area contributed by atoms with E-state index in [1.807, 2.05) is 0 Å². The normalized spacial score (nSPS) is 18.0. The largest absolute Gasteiger partial charge is 0.508 e. The van der Waals surface area contributed by atoms with Crippen LogP contribution in [0.5, 0.6) is 5.75 Å². The van der Waals surface area contributed by atoms with Gasteiger partial charge in [0.15, 0.2) is 5.78 Å². The van der Waals surface area contributed by atoms with E-state index in [0.717, 1.165) is 5.56 Å². The van der Waals surface area contributed by atoms with Gasteiger partial charge in [0.2, 0.25) is 0 Å². The van der Waals surface area contributed by atoms with E-state index < -0.39 is 13.5 Å². The first-order chi connectivity index (χ1) is 11.2. The molecule has 128 valence electrons. The zero-order valence-electron chi connectivity index (χ0n) is 13.0. The topological polar surface area (TPSA) is 127 Å². The minimum Gasteiger partial charge on any atom is -0.508 e. The summed E-state index contributed by atoms with van der Waals surface area (Å²) >= 11 is 0. The SMILES string of the molecule is CC(CC(=O)C1=C(O)C=CCC1=NP(=O)(O)O)c1ccc(O)cc1. The number of allylic oxidation sites excluding steroid dienone is 3. The number of aliphatic hydroxyl groups excluding tert-OH is 1. The molecule has 4 N–H and O–H groups in total. The van der Waals surface area contributed by atoms with Gasteiger partial charge in [-0.25, -0.2) is 4.57 Å². The fourth-order valence-corrected chi connectivity index (χ4v) is 2.96. The first-order valence-electron chi connectivity index (χ1n) is 7.24. The molecule has 0 bridgehead atoms. The van der Waals surface area contributed by atoms with Gasteiger partial charge in [0.25, 0.3) is 0 Å². The summed E-state index contributed by atoms with van der Waals surface area (Å²) in [5.74, 6) is -0.896. The number of hydrogen-bond acceptors (Lipinski definition) is 4. The molecule has 2 rings (SSSR count). The number of hydrogen-bond donors (Lipinski definition) is 4. The molecule has 0 fully saturated rings. The van der Waals surface area contributed by atoms with E-state index >= 15 is 0 Å². The van der Waals surface area contributed by atoms with Crippen LogP contribution in [0.2, 0.25) is 0 Å². The molecule has 1 aromatic carbocycles. The van der Waals surface area contributed by atoms with Crippen LogP contribution in [-0.4, -0.2) is 31.5 Å². The van der Waals surface area contributed by atoms with Crippen LogP contribution in [0.25, 0.3) is 0 Å². The van der Waals surface area contributed by atoms with Crippen molar-refractivity contribution in [3.8, 4) is 5.75 Å². The maximum Gasteiger partial charge on any atom is 0.448 e. The van der Waals surface area contributed by atoms with Gasteiger partial charge in [-0.05, 0) is 29.7 Å². The average Bonchev–Trinajstić information content (AvgIpc) is 2.46. The molecular formula is C16H18NO6P. The summed E-state index contributed by atoms with van der Waals surface area (Å²) in [5.41, 5.74) is 0.541. The summed E-state index contributed by atoms with van der Waals surface area (Å²) in [6.45, 7) is 1.81. The Morgan fingerprint density at radius 2 is 1.88 bits per heavy atom. The molecule has 1 aliphatic carbocycles. The number of Topliss-reactive ketones (excluding diaryl/α,β-unsaturated/α-hetero) is 1. The quantitative estimate of drug-likeness (QED) is 0.604. The molecule has 0 aromatic heterocycles. The predicted molar refractivity (Wildman–Crippen MR) is 89.0 cm³/mol. The standard InChI is InChI=1S/C16H18NO6P/c1-10(11-5-7-12(18)8-6-11)9-15(20)16-13(17-24(21,22)23)3-2-4-14(16)19/h2,4-8,10,18-19H,3,9H2,1H3,(H2,21,22,23). The van der Waals surface area contributed by atoms with Crippen molar-refractivity contribution < 1.29 is 29.4 Å². The van der Waals surface area contributed by atoms with Crippen LogP contribution < -0.4 is 0 Å². The van der Waals surface area contributed by atoms with Crippen LogP contribution in [0.3, 0.4) is 0 Å². The monoisotopic (exact) mass is 351 g/mol. The molecular weight excluding hydrogens is 333 g/mol. The maximum absolute atomic E-state index is 12.5. The van der Waals surface area contributed by atoms with Crippen molar-refractivity contribution in [1.82, 2.24) is 0 Å². The molecule has 0 aliphatic heterocycles. The lowest BCUT2D eigenvalue weighted by Gasteiger charge is -2.17. The lowest BCUT2D eigenvalue weighted by Crippen LogP contribution is -2.19. The Morgan fingerprint density at radius 1 is 1.25 bits per heavy atom. The van der Waals surface area contributed by atoms with Gasteiger partial charge in [0.1, 0.15) is 11.5 Å². The average molecular weight is 351 g/mol. The highest BCUT2D eigenvalue weighted by Gasteiger charge is 2.26. The molecule has 0 saturated heterocycles. The molecule has 1 aliphatic rings. The Morgan fingerprint density at radius 3 is 2.46 bits per heavy atom. The fraction of sp³-hybridized carbons (Fsp3) is 0.250. The molecule has 1 unspecified atom stereocenters. The lowest BCUT2D eigenvalue weighted by molar-refractivity contribution is -0.115. The van der Waals surface area contributed by atoms with Crippen molar-refractivity contribution in [2.75, 3.05) is 0 Å². The Bertz CT molecular complexity index is 772. The van der Waals surface area contributed by atoms with Crippen LogP contribution in [-0.2, 0) is 9.36 Å². The second-order valence-corrected chi connectivity index (χ2v) is 6.77. The number of benzene rings is 1. The maximum atomic E-state index is 12.5. The number of rotatable bonds is 5. The van der Waals surface area contributed by atoms with Crippen molar-refractivity contribution in [3.05, 3.63) is 53.3 Å². The smallest absolute Gasteiger partial charge is 0.448 e. The molecule has 24 heavy (non-hydrogen) atoms. The van der Waals surface area contributed by atoms with Crippen molar-refractivity contribution in [2.45, 2.75) is 25.7 Å². The minimum absolute atomic E-state index is 0.0260. The highest BCUT2D eigenvalue weighted by Crippen LogP contribution is 2.38. The van der Waals surface area contributed by atoms with Gasteiger partial charge in [-0.1, -0.05) is 25.1 Å². The summed E-state index contributed by atoms with van der Waals surface area (Å²) in [4.78, 5) is 30.5. The van der Waals surface area contributed by atoms with E-state index in [0.29, 0.717) is 0 Å². The molecule has 0 radical (unpaired) electrons. The second-order valence-electron chi connectivity index (χ2n) is 5.55. The highest BCUT2D eigenvalue weighted by molar-refractivity contribution is 7.50. The van der Waals surface area contributed by atoms with E-state index in [1.54, 1.807) is 19.1 Å². The first-order valence-corrected chi connectivity index (χ1v) is 8.81. The number of nitrogens with zero attached hydrogens (tertiary/aromatic N) is 1. The van der Waals surface area contributed by atoms with Gasteiger partial charge in [-0.2, -0.15) is 4.76 Å². The van der Waals surface area contributed by atoms with Gasteiger partial charge in [0, 0.05) is 12.8 Å². The minimum atomic E-state index is -4.71. The van der Waals surface area contributed by atoms with Gasteiger partial charge in [-0.3, -0.25) is 4.79 Å². The van der Waals surface area contributed by atoms with Crippen LogP contribution in [0, 0.1) is 0 Å². The fourth-order valence-electron chi connectivity index (χ4n) is 2.47. The number of aromatic hydroxyl groups is 1. The zero-order chi connectivity index (χ0) is 17.9. The van der Waals surface area contributed by atoms with Gasteiger partial charge in [0.05, 0.1) is 11.3 Å². The van der Waals surface area contributed by atoms with E-state index in [2.05, 4.69) is 4.76 Å². The molecule has 0 spiro atoms. The molecule has 7 nitrogen and oxygen atoms in total. The Labute approximate surface area is 138 Å². The molecule has 1 atom stereocenters. The lowest BCUT2D eigenvalue weighted by atomic mass is 9.89. The zero-order valence-corrected chi connectivity index (χ0v) is 13.8. The number of carbonyl (C=O) groups excluding carboxylic acids is 1. The van der Waals surface area contributed by atoms with E-state index in [-0.39, 0.29) is 41.6 Å². The van der Waals surface area contributed by atoms with Crippen LogP contribution >= 0.6 is 7.75 Å². The summed E-state index contributed by atoms with van der Waals surface area (Å²) in [7, 11) is -4.71. The van der Waals surface area contributed by atoms with Crippen LogP contribution in [0.15, 0.2) is 52.5 Å². The number of phenolic OH excluding ortho intramolecular Hbond substituents is 1. The third-order valence-electron chi connectivity index (χ3n) is 3.62. The van der Waals surface area contributed by atoms with Crippen LogP contribution in [0.4, 0.5) is 0 Å². The molecule has 0 heterocycles. The highest BCUT2D eigenvalue weighted by atomic mass is 31.2. The first kappa shape index (κ1) is 18.1. The van der Waals surface area contributed by atoms with Crippen LogP contribution in [0.1, 0.15) is 31.2 Å². The Kier molecular flexibility index (Phi) is 5.39. The Hall–Kier alpha value is -2.21. The predicted octanol–water partition coefficient (Wildman–Crippen LogP) is 2.76. The molecule has 8 heteroatoms. The molecule has 0 amide bonds. The third kappa shape index (κ3) is 4.64. The summed E-state index contributed by atoms with van der Waals surface area (Å²) in [5, 5.41) is 19.2. The van der Waals surface area contributed by atoms with Gasteiger partial charge < -0.3 is 20.0 Å². The van der Waals surface area contributed by atoms with Crippen molar-refractivity contribution in [1.29, 1.82) is 0 Å². The molecule has 0 saturated carbocycles. The van der Waals surface area contributed by atoms with Crippen molar-refractivity contribution in [2.24, 2.45) is 4.76 Å². The van der Waals surface area contributed by atoms with Crippen molar-refractivity contribution >= 4 is 19.2 Å². The van der Waals surface area contributed by atoms with E-state index in [1.165, 1.54) is 24.3 Å². The summed E-state index contributed by atoms with van der Waals surface area (Å²) in [6, 6.07) is 6.40. The Balaban J connectivity index is 2.25. The number of carbonyl (C=O) groups is 1. The van der Waals surface area contributed by atoms with E-state index in [9.17, 15) is 19.6 Å². The molecule has 1 aromatic rings. The van der Waals surface area contributed by atoms with Gasteiger partial charge >= 0.3 is 7.75 Å². The third-order valence-corrected chi connectivity index (χ3v) is 4.12. The number of phenols is 1. The van der Waals surface area contributed by atoms with Gasteiger partial charge in [-0.15, -0.1) is 0 Å². The summed E-state index contributed by atoms with van der Waals surface area (Å²) in [6.07, 6.45) is 2.88. The number of aliphatic hydroxyl groups is 1. The van der Waals surface area contributed by atoms with Crippen molar-refractivity contribution in [3.63, 3.8) is 0 Å².